The summed E-state index contributed by atoms with van der Waals surface area (Å²) in [6.45, 7) is 7.56. The molecule has 7 nitrogen and oxygen atoms in total. The van der Waals surface area contributed by atoms with Crippen LogP contribution in [0.25, 0.3) is 0 Å². The van der Waals surface area contributed by atoms with E-state index in [2.05, 4.69) is 43.4 Å². The highest BCUT2D eigenvalue weighted by atomic mass is 32.1. The number of hydrogen-bond acceptors (Lipinski definition) is 6. The quantitative estimate of drug-likeness (QED) is 0.795. The molecule has 2 aliphatic rings. The largest absolute Gasteiger partial charge is 0.378 e. The molecule has 3 heterocycles. The van der Waals surface area contributed by atoms with E-state index in [1.165, 1.54) is 12.8 Å². The van der Waals surface area contributed by atoms with E-state index in [4.69, 9.17) is 17.0 Å². The van der Waals surface area contributed by atoms with Crippen LogP contribution in [0.1, 0.15) is 19.8 Å². The summed E-state index contributed by atoms with van der Waals surface area (Å²) in [4.78, 5) is 13.9. The normalized spacial score (nSPS) is 19.2. The van der Waals surface area contributed by atoms with Crippen molar-refractivity contribution >= 4 is 34.9 Å². The Bertz CT molecular complexity index is 570. The third kappa shape index (κ3) is 4.24. The zero-order valence-electron chi connectivity index (χ0n) is 14.4. The van der Waals surface area contributed by atoms with Crippen molar-refractivity contribution in [1.29, 1.82) is 0 Å². The minimum Gasteiger partial charge on any atom is -0.378 e. The van der Waals surface area contributed by atoms with Gasteiger partial charge >= 0.3 is 0 Å². The lowest BCUT2D eigenvalue weighted by atomic mass is 9.99. The summed E-state index contributed by atoms with van der Waals surface area (Å²) < 4.78 is 5.45. The number of rotatable bonds is 3. The Morgan fingerprint density at radius 3 is 2.29 bits per heavy atom. The van der Waals surface area contributed by atoms with Crippen molar-refractivity contribution in [2.75, 3.05) is 61.6 Å². The molecule has 0 saturated carbocycles. The molecular weight excluding hydrogens is 324 g/mol. The number of aromatic nitrogens is 2. The Kier molecular flexibility index (Phi) is 5.68. The number of nitrogens with zero attached hydrogens (tertiary/aromatic N) is 4. The summed E-state index contributed by atoms with van der Waals surface area (Å²) in [5, 5.41) is 6.50. The number of thiocarbonyl (C=S) groups is 1. The molecule has 0 spiro atoms. The van der Waals surface area contributed by atoms with E-state index in [0.717, 1.165) is 56.9 Å². The summed E-state index contributed by atoms with van der Waals surface area (Å²) >= 11 is 5.20. The van der Waals surface area contributed by atoms with Crippen molar-refractivity contribution in [3.05, 3.63) is 6.07 Å². The third-order valence-electron chi connectivity index (χ3n) is 4.59. The number of piperidine rings is 1. The second kappa shape index (κ2) is 7.94. The molecule has 0 aliphatic carbocycles. The zero-order valence-corrected chi connectivity index (χ0v) is 15.2. The molecule has 0 amide bonds. The number of morpholine rings is 1. The molecule has 8 heteroatoms. The Hall–Kier alpha value is -1.67. The van der Waals surface area contributed by atoms with Gasteiger partial charge in [-0.1, -0.05) is 6.92 Å². The molecule has 3 rings (SSSR count). The van der Waals surface area contributed by atoms with Crippen LogP contribution in [0.5, 0.6) is 0 Å². The molecule has 1 aromatic rings. The fourth-order valence-corrected chi connectivity index (χ4v) is 3.09. The van der Waals surface area contributed by atoms with Crippen molar-refractivity contribution < 1.29 is 4.74 Å². The molecule has 1 aromatic heterocycles. The minimum atomic E-state index is 0.521. The lowest BCUT2D eigenvalue weighted by Crippen LogP contribution is -2.38. The lowest BCUT2D eigenvalue weighted by molar-refractivity contribution is 0.122. The zero-order chi connectivity index (χ0) is 16.9. The van der Waals surface area contributed by atoms with Crippen molar-refractivity contribution in [1.82, 2.24) is 15.3 Å². The monoisotopic (exact) mass is 350 g/mol. The highest BCUT2D eigenvalue weighted by Crippen LogP contribution is 2.26. The van der Waals surface area contributed by atoms with Gasteiger partial charge in [0.2, 0.25) is 5.95 Å². The third-order valence-corrected chi connectivity index (χ3v) is 4.90. The van der Waals surface area contributed by atoms with Crippen LogP contribution >= 0.6 is 12.2 Å². The molecule has 2 saturated heterocycles. The smallest absolute Gasteiger partial charge is 0.232 e. The molecular formula is C16H26N6OS. The fourth-order valence-electron chi connectivity index (χ4n) is 3.00. The van der Waals surface area contributed by atoms with Gasteiger partial charge < -0.3 is 25.2 Å². The van der Waals surface area contributed by atoms with E-state index in [1.807, 2.05) is 0 Å². The van der Waals surface area contributed by atoms with Crippen LogP contribution in [0, 0.1) is 5.92 Å². The molecule has 2 aliphatic heterocycles. The summed E-state index contributed by atoms with van der Waals surface area (Å²) in [5.74, 6) is 3.24. The standard InChI is InChI=1S/C16H26N6OS/c1-12-3-5-21(6-4-12)13-11-14(22-7-9-23-10-8-22)19-15(18-13)20-16(24)17-2/h11-12H,3-10H2,1-2H3,(H2,17,18,19,20,24). The van der Waals surface area contributed by atoms with Gasteiger partial charge in [0.15, 0.2) is 5.11 Å². The van der Waals surface area contributed by atoms with Crippen LogP contribution in [-0.4, -0.2) is 61.5 Å². The molecule has 0 aromatic carbocycles. The van der Waals surface area contributed by atoms with E-state index in [0.29, 0.717) is 11.1 Å². The Labute approximate surface area is 148 Å². The molecule has 24 heavy (non-hydrogen) atoms. The van der Waals surface area contributed by atoms with Gasteiger partial charge in [-0.2, -0.15) is 9.97 Å². The van der Waals surface area contributed by atoms with E-state index in [9.17, 15) is 0 Å². The first kappa shape index (κ1) is 17.2. The highest BCUT2D eigenvalue weighted by molar-refractivity contribution is 7.80. The predicted octanol–water partition coefficient (Wildman–Crippen LogP) is 1.47. The van der Waals surface area contributed by atoms with Crippen molar-refractivity contribution in [2.45, 2.75) is 19.8 Å². The van der Waals surface area contributed by atoms with Gasteiger partial charge in [0, 0.05) is 39.3 Å². The van der Waals surface area contributed by atoms with Crippen LogP contribution in [-0.2, 0) is 4.74 Å². The first-order valence-corrected chi connectivity index (χ1v) is 9.02. The van der Waals surface area contributed by atoms with Crippen molar-refractivity contribution in [3.63, 3.8) is 0 Å². The van der Waals surface area contributed by atoms with Gasteiger partial charge in [-0.05, 0) is 31.0 Å². The number of nitrogens with one attached hydrogen (secondary N) is 2. The topological polar surface area (TPSA) is 65.6 Å². The van der Waals surface area contributed by atoms with Crippen LogP contribution in [0.4, 0.5) is 17.6 Å². The number of anilines is 3. The van der Waals surface area contributed by atoms with Crippen LogP contribution in [0.2, 0.25) is 0 Å². The fraction of sp³-hybridized carbons (Fsp3) is 0.688. The lowest BCUT2D eigenvalue weighted by Gasteiger charge is -2.33. The predicted molar refractivity (Wildman–Crippen MR) is 101 cm³/mol. The van der Waals surface area contributed by atoms with Gasteiger partial charge in [-0.3, -0.25) is 0 Å². The van der Waals surface area contributed by atoms with Gasteiger partial charge in [-0.25, -0.2) is 0 Å². The van der Waals surface area contributed by atoms with Crippen LogP contribution in [0.15, 0.2) is 6.07 Å². The number of hydrogen-bond donors (Lipinski definition) is 2. The summed E-state index contributed by atoms with van der Waals surface area (Å²) in [5.41, 5.74) is 0. The molecule has 0 radical (unpaired) electrons. The second-order valence-electron chi connectivity index (χ2n) is 6.38. The second-order valence-corrected chi connectivity index (χ2v) is 6.79. The first-order chi connectivity index (χ1) is 11.7. The van der Waals surface area contributed by atoms with E-state index in [-0.39, 0.29) is 0 Å². The maximum Gasteiger partial charge on any atom is 0.232 e. The maximum absolute atomic E-state index is 5.45. The molecule has 0 unspecified atom stereocenters. The summed E-state index contributed by atoms with van der Waals surface area (Å²) in [6.07, 6.45) is 2.41. The van der Waals surface area contributed by atoms with E-state index >= 15 is 0 Å². The average molecular weight is 350 g/mol. The molecule has 132 valence electrons. The van der Waals surface area contributed by atoms with E-state index in [1.54, 1.807) is 7.05 Å². The SMILES string of the molecule is CNC(=S)Nc1nc(N2CCOCC2)cc(N2CCC(C)CC2)n1. The minimum absolute atomic E-state index is 0.521. The average Bonchev–Trinajstić information content (AvgIpc) is 2.62. The Balaban J connectivity index is 1.85. The number of ether oxygens (including phenoxy) is 1. The summed E-state index contributed by atoms with van der Waals surface area (Å²) in [6, 6.07) is 2.09. The van der Waals surface area contributed by atoms with Crippen LogP contribution < -0.4 is 20.4 Å². The van der Waals surface area contributed by atoms with Gasteiger partial charge in [0.1, 0.15) is 11.6 Å². The van der Waals surface area contributed by atoms with Crippen LogP contribution in [0.3, 0.4) is 0 Å². The maximum atomic E-state index is 5.45. The van der Waals surface area contributed by atoms with Crippen molar-refractivity contribution in [3.8, 4) is 0 Å². The Morgan fingerprint density at radius 2 is 1.71 bits per heavy atom. The highest BCUT2D eigenvalue weighted by Gasteiger charge is 2.21. The molecule has 2 N–H and O–H groups in total. The van der Waals surface area contributed by atoms with Gasteiger partial charge in [-0.15, -0.1) is 0 Å². The molecule has 0 atom stereocenters. The molecule has 2 fully saturated rings. The summed E-state index contributed by atoms with van der Waals surface area (Å²) in [7, 11) is 1.79. The molecule has 0 bridgehead atoms. The van der Waals surface area contributed by atoms with E-state index < -0.39 is 0 Å². The van der Waals surface area contributed by atoms with Crippen molar-refractivity contribution in [2.24, 2.45) is 5.92 Å². The van der Waals surface area contributed by atoms with Gasteiger partial charge in [0.25, 0.3) is 0 Å². The van der Waals surface area contributed by atoms with Gasteiger partial charge in [0.05, 0.1) is 13.2 Å². The Morgan fingerprint density at radius 1 is 1.12 bits per heavy atom. The first-order valence-electron chi connectivity index (χ1n) is 8.61.